The summed E-state index contributed by atoms with van der Waals surface area (Å²) < 4.78 is 31.7. The Morgan fingerprint density at radius 2 is 2.05 bits per heavy atom. The van der Waals surface area contributed by atoms with Gasteiger partial charge in [0.1, 0.15) is 5.76 Å². The van der Waals surface area contributed by atoms with Gasteiger partial charge in [0.2, 0.25) is 5.09 Å². The number of sulfonamides is 1. The Balaban J connectivity index is 1.98. The van der Waals surface area contributed by atoms with E-state index in [0.717, 1.165) is 5.56 Å². The molecule has 0 aliphatic rings. The van der Waals surface area contributed by atoms with E-state index in [0.29, 0.717) is 18.6 Å². The van der Waals surface area contributed by atoms with E-state index in [1.165, 1.54) is 18.2 Å². The summed E-state index contributed by atoms with van der Waals surface area (Å²) in [5.41, 5.74) is 0.926. The van der Waals surface area contributed by atoms with Crippen LogP contribution in [0.2, 0.25) is 0 Å². The van der Waals surface area contributed by atoms with Crippen molar-refractivity contribution in [3.8, 4) is 0 Å². The number of nitrogens with one attached hydrogen (secondary N) is 1. The summed E-state index contributed by atoms with van der Waals surface area (Å²) in [5, 5.41) is 8.81. The SMILES string of the molecule is CCc1ccc(S(=O)(=O)NCCc2cccc(C(=O)O)c2)o1. The minimum atomic E-state index is -3.68. The molecular weight excluding hydrogens is 306 g/mol. The lowest BCUT2D eigenvalue weighted by Crippen LogP contribution is -2.25. The van der Waals surface area contributed by atoms with Crippen molar-refractivity contribution in [1.29, 1.82) is 0 Å². The predicted octanol–water partition coefficient (Wildman–Crippen LogP) is 2.06. The van der Waals surface area contributed by atoms with Crippen LogP contribution in [-0.4, -0.2) is 26.0 Å². The van der Waals surface area contributed by atoms with E-state index in [-0.39, 0.29) is 17.2 Å². The summed E-state index contributed by atoms with van der Waals surface area (Å²) in [6.07, 6.45) is 1.01. The third-order valence-electron chi connectivity index (χ3n) is 3.13. The summed E-state index contributed by atoms with van der Waals surface area (Å²) in [7, 11) is -3.68. The third-order valence-corrected chi connectivity index (χ3v) is 4.46. The van der Waals surface area contributed by atoms with Gasteiger partial charge in [-0.3, -0.25) is 0 Å². The quantitative estimate of drug-likeness (QED) is 0.813. The lowest BCUT2D eigenvalue weighted by atomic mass is 10.1. The number of benzene rings is 1. The first-order chi connectivity index (χ1) is 10.4. The topological polar surface area (TPSA) is 96.6 Å². The summed E-state index contributed by atoms with van der Waals surface area (Å²) in [5.74, 6) is -0.403. The van der Waals surface area contributed by atoms with Crippen molar-refractivity contribution in [3.63, 3.8) is 0 Å². The lowest BCUT2D eigenvalue weighted by molar-refractivity contribution is 0.0696. The Kier molecular flexibility index (Phi) is 4.99. The monoisotopic (exact) mass is 323 g/mol. The first-order valence-corrected chi connectivity index (χ1v) is 8.31. The average Bonchev–Trinajstić information content (AvgIpc) is 2.97. The van der Waals surface area contributed by atoms with Crippen molar-refractivity contribution < 1.29 is 22.7 Å². The molecule has 118 valence electrons. The smallest absolute Gasteiger partial charge is 0.335 e. The highest BCUT2D eigenvalue weighted by atomic mass is 32.2. The molecule has 22 heavy (non-hydrogen) atoms. The van der Waals surface area contributed by atoms with Gasteiger partial charge in [-0.25, -0.2) is 17.9 Å². The molecule has 0 unspecified atom stereocenters. The van der Waals surface area contributed by atoms with Crippen LogP contribution in [0.15, 0.2) is 45.9 Å². The minimum Gasteiger partial charge on any atom is -0.478 e. The molecule has 1 heterocycles. The Labute approximate surface area is 128 Å². The highest BCUT2D eigenvalue weighted by Crippen LogP contribution is 2.14. The molecule has 0 atom stereocenters. The van der Waals surface area contributed by atoms with Crippen molar-refractivity contribution in [2.45, 2.75) is 24.9 Å². The van der Waals surface area contributed by atoms with E-state index in [4.69, 9.17) is 9.52 Å². The lowest BCUT2D eigenvalue weighted by Gasteiger charge is -2.05. The highest BCUT2D eigenvalue weighted by Gasteiger charge is 2.17. The first-order valence-electron chi connectivity index (χ1n) is 6.83. The molecule has 0 aliphatic heterocycles. The number of aryl methyl sites for hydroxylation is 1. The molecule has 0 radical (unpaired) electrons. The van der Waals surface area contributed by atoms with Gasteiger partial charge in [-0.2, -0.15) is 0 Å². The number of hydrogen-bond acceptors (Lipinski definition) is 4. The van der Waals surface area contributed by atoms with E-state index < -0.39 is 16.0 Å². The van der Waals surface area contributed by atoms with Gasteiger partial charge in [0.15, 0.2) is 0 Å². The maximum absolute atomic E-state index is 12.0. The average molecular weight is 323 g/mol. The second kappa shape index (κ2) is 6.76. The normalized spacial score (nSPS) is 11.5. The van der Waals surface area contributed by atoms with Crippen LogP contribution >= 0.6 is 0 Å². The number of rotatable bonds is 7. The summed E-state index contributed by atoms with van der Waals surface area (Å²) in [4.78, 5) is 10.9. The molecule has 2 N–H and O–H groups in total. The third kappa shape index (κ3) is 3.96. The molecule has 0 saturated heterocycles. The molecule has 0 fully saturated rings. The van der Waals surface area contributed by atoms with Crippen LogP contribution in [0.5, 0.6) is 0 Å². The number of carbonyl (C=O) groups is 1. The van der Waals surface area contributed by atoms with Gasteiger partial charge < -0.3 is 9.52 Å². The number of carboxylic acids is 1. The summed E-state index contributed by atoms with van der Waals surface area (Å²) in [6, 6.07) is 9.46. The van der Waals surface area contributed by atoms with Crippen LogP contribution in [0.4, 0.5) is 0 Å². The van der Waals surface area contributed by atoms with E-state index in [9.17, 15) is 13.2 Å². The van der Waals surface area contributed by atoms with E-state index in [1.807, 2.05) is 6.92 Å². The molecule has 2 aromatic rings. The molecule has 7 heteroatoms. The molecular formula is C15H17NO5S. The number of carboxylic acid groups (broad SMARTS) is 1. The summed E-state index contributed by atoms with van der Waals surface area (Å²) in [6.45, 7) is 2.03. The number of furan rings is 1. The van der Waals surface area contributed by atoms with Crippen LogP contribution in [0.1, 0.15) is 28.6 Å². The van der Waals surface area contributed by atoms with Crippen molar-refractivity contribution >= 4 is 16.0 Å². The standard InChI is InChI=1S/C15H17NO5S/c1-2-13-6-7-14(21-13)22(19,20)16-9-8-11-4-3-5-12(10-11)15(17)18/h3-7,10,16H,2,8-9H2,1H3,(H,17,18). The van der Waals surface area contributed by atoms with Gasteiger partial charge in [0.05, 0.1) is 5.56 Å². The van der Waals surface area contributed by atoms with Crippen LogP contribution in [0.3, 0.4) is 0 Å². The molecule has 0 saturated carbocycles. The molecule has 2 rings (SSSR count). The fourth-order valence-electron chi connectivity index (χ4n) is 1.95. The molecule has 0 amide bonds. The molecule has 0 spiro atoms. The predicted molar refractivity (Wildman–Crippen MR) is 80.4 cm³/mol. The molecule has 0 aliphatic carbocycles. The van der Waals surface area contributed by atoms with Crippen molar-refractivity contribution in [1.82, 2.24) is 4.72 Å². The molecule has 1 aromatic carbocycles. The Hall–Kier alpha value is -2.12. The second-order valence-electron chi connectivity index (χ2n) is 4.73. The van der Waals surface area contributed by atoms with Gasteiger partial charge in [-0.15, -0.1) is 0 Å². The van der Waals surface area contributed by atoms with Crippen LogP contribution < -0.4 is 4.72 Å². The molecule has 0 bridgehead atoms. The second-order valence-corrected chi connectivity index (χ2v) is 6.43. The largest absolute Gasteiger partial charge is 0.478 e. The van der Waals surface area contributed by atoms with E-state index >= 15 is 0 Å². The van der Waals surface area contributed by atoms with Crippen molar-refractivity contribution in [3.05, 3.63) is 53.3 Å². The zero-order valence-electron chi connectivity index (χ0n) is 12.1. The van der Waals surface area contributed by atoms with Crippen LogP contribution in [-0.2, 0) is 22.9 Å². The highest BCUT2D eigenvalue weighted by molar-refractivity contribution is 7.89. The van der Waals surface area contributed by atoms with Crippen LogP contribution in [0.25, 0.3) is 0 Å². The van der Waals surface area contributed by atoms with Gasteiger partial charge in [-0.05, 0) is 36.2 Å². The number of aromatic carboxylic acids is 1. The maximum Gasteiger partial charge on any atom is 0.335 e. The van der Waals surface area contributed by atoms with Gasteiger partial charge in [-0.1, -0.05) is 19.1 Å². The van der Waals surface area contributed by atoms with E-state index in [1.54, 1.807) is 18.2 Å². The Bertz CT molecular complexity index is 764. The zero-order chi connectivity index (χ0) is 16.2. The Morgan fingerprint density at radius 1 is 1.27 bits per heavy atom. The zero-order valence-corrected chi connectivity index (χ0v) is 12.9. The molecule has 1 aromatic heterocycles. The maximum atomic E-state index is 12.0. The van der Waals surface area contributed by atoms with Crippen molar-refractivity contribution in [2.75, 3.05) is 6.54 Å². The van der Waals surface area contributed by atoms with Gasteiger partial charge in [0, 0.05) is 13.0 Å². The fourth-order valence-corrected chi connectivity index (χ4v) is 2.93. The minimum absolute atomic E-state index is 0.108. The van der Waals surface area contributed by atoms with Gasteiger partial charge in [0.25, 0.3) is 10.0 Å². The fraction of sp³-hybridized carbons (Fsp3) is 0.267. The van der Waals surface area contributed by atoms with Gasteiger partial charge >= 0.3 is 5.97 Å². The molecule has 6 nitrogen and oxygen atoms in total. The Morgan fingerprint density at radius 3 is 2.68 bits per heavy atom. The summed E-state index contributed by atoms with van der Waals surface area (Å²) >= 11 is 0. The van der Waals surface area contributed by atoms with Crippen LogP contribution in [0, 0.1) is 0 Å². The number of hydrogen-bond donors (Lipinski definition) is 2. The van der Waals surface area contributed by atoms with Crippen molar-refractivity contribution in [2.24, 2.45) is 0 Å². The van der Waals surface area contributed by atoms with E-state index in [2.05, 4.69) is 4.72 Å². The first kappa shape index (κ1) is 16.3.